The SMILES string of the molecule is COCCOCCCC(CO)Cc1ccccc1. The molecule has 0 fully saturated rings. The van der Waals surface area contributed by atoms with Crippen molar-refractivity contribution in [2.75, 3.05) is 33.5 Å². The van der Waals surface area contributed by atoms with Gasteiger partial charge in [0.25, 0.3) is 0 Å². The van der Waals surface area contributed by atoms with Crippen molar-refractivity contribution in [2.45, 2.75) is 19.3 Å². The zero-order valence-corrected chi connectivity index (χ0v) is 11.2. The molecule has 0 aliphatic heterocycles. The molecule has 1 atom stereocenters. The van der Waals surface area contributed by atoms with Crippen LogP contribution in [0.25, 0.3) is 0 Å². The van der Waals surface area contributed by atoms with Gasteiger partial charge in [0.05, 0.1) is 13.2 Å². The molecule has 1 N–H and O–H groups in total. The lowest BCUT2D eigenvalue weighted by Gasteiger charge is -2.14. The van der Waals surface area contributed by atoms with Crippen molar-refractivity contribution in [3.8, 4) is 0 Å². The van der Waals surface area contributed by atoms with Crippen LogP contribution in [-0.2, 0) is 15.9 Å². The highest BCUT2D eigenvalue weighted by atomic mass is 16.5. The van der Waals surface area contributed by atoms with Crippen LogP contribution in [0.15, 0.2) is 30.3 Å². The molecule has 102 valence electrons. The van der Waals surface area contributed by atoms with E-state index in [-0.39, 0.29) is 6.61 Å². The lowest BCUT2D eigenvalue weighted by Crippen LogP contribution is -2.11. The molecule has 0 saturated carbocycles. The van der Waals surface area contributed by atoms with Crippen molar-refractivity contribution < 1.29 is 14.6 Å². The van der Waals surface area contributed by atoms with E-state index < -0.39 is 0 Å². The molecule has 0 aliphatic rings. The highest BCUT2D eigenvalue weighted by Gasteiger charge is 2.08. The summed E-state index contributed by atoms with van der Waals surface area (Å²) in [5.74, 6) is 0.332. The predicted molar refractivity (Wildman–Crippen MR) is 72.7 cm³/mol. The summed E-state index contributed by atoms with van der Waals surface area (Å²) >= 11 is 0. The third-order valence-corrected chi connectivity index (χ3v) is 2.96. The minimum atomic E-state index is 0.243. The average Bonchev–Trinajstić information content (AvgIpc) is 2.42. The second-order valence-corrected chi connectivity index (χ2v) is 4.49. The van der Waals surface area contributed by atoms with Crippen LogP contribution >= 0.6 is 0 Å². The minimum Gasteiger partial charge on any atom is -0.396 e. The first-order valence-electron chi connectivity index (χ1n) is 6.58. The third kappa shape index (κ3) is 6.74. The summed E-state index contributed by atoms with van der Waals surface area (Å²) in [5, 5.41) is 9.37. The zero-order valence-electron chi connectivity index (χ0n) is 11.2. The Labute approximate surface area is 110 Å². The van der Waals surface area contributed by atoms with Crippen molar-refractivity contribution in [3.63, 3.8) is 0 Å². The number of ether oxygens (including phenoxy) is 2. The van der Waals surface area contributed by atoms with Gasteiger partial charge in [0.2, 0.25) is 0 Å². The van der Waals surface area contributed by atoms with Gasteiger partial charge < -0.3 is 14.6 Å². The van der Waals surface area contributed by atoms with E-state index in [1.165, 1.54) is 5.56 Å². The second kappa shape index (κ2) is 10.1. The summed E-state index contributed by atoms with van der Waals surface area (Å²) in [6.45, 7) is 2.29. The van der Waals surface area contributed by atoms with Crippen molar-refractivity contribution in [3.05, 3.63) is 35.9 Å². The largest absolute Gasteiger partial charge is 0.396 e. The summed E-state index contributed by atoms with van der Waals surface area (Å²) in [5.41, 5.74) is 1.29. The minimum absolute atomic E-state index is 0.243. The number of methoxy groups -OCH3 is 1. The number of hydrogen-bond acceptors (Lipinski definition) is 3. The van der Waals surface area contributed by atoms with Crippen LogP contribution in [0, 0.1) is 5.92 Å². The van der Waals surface area contributed by atoms with E-state index in [9.17, 15) is 5.11 Å². The van der Waals surface area contributed by atoms with Crippen LogP contribution < -0.4 is 0 Å². The van der Waals surface area contributed by atoms with Crippen LogP contribution in [0.4, 0.5) is 0 Å². The quantitative estimate of drug-likeness (QED) is 0.649. The van der Waals surface area contributed by atoms with Crippen LogP contribution in [0.1, 0.15) is 18.4 Å². The molecule has 0 aromatic heterocycles. The molecular formula is C15H24O3. The molecule has 0 saturated heterocycles. The molecule has 18 heavy (non-hydrogen) atoms. The summed E-state index contributed by atoms with van der Waals surface area (Å²) in [6.07, 6.45) is 2.93. The summed E-state index contributed by atoms with van der Waals surface area (Å²) < 4.78 is 10.3. The van der Waals surface area contributed by atoms with Crippen LogP contribution in [0.2, 0.25) is 0 Å². The predicted octanol–water partition coefficient (Wildman–Crippen LogP) is 2.28. The van der Waals surface area contributed by atoms with Gasteiger partial charge in [-0.15, -0.1) is 0 Å². The van der Waals surface area contributed by atoms with Gasteiger partial charge >= 0.3 is 0 Å². The van der Waals surface area contributed by atoms with E-state index in [1.807, 2.05) is 18.2 Å². The first-order valence-corrected chi connectivity index (χ1v) is 6.58. The number of benzene rings is 1. The number of rotatable bonds is 10. The molecule has 1 aromatic carbocycles. The third-order valence-electron chi connectivity index (χ3n) is 2.96. The van der Waals surface area contributed by atoms with Crippen LogP contribution in [-0.4, -0.2) is 38.6 Å². The molecular weight excluding hydrogens is 228 g/mol. The Bertz CT molecular complexity index is 287. The highest BCUT2D eigenvalue weighted by Crippen LogP contribution is 2.13. The maximum absolute atomic E-state index is 9.37. The Morgan fingerprint density at radius 1 is 1.11 bits per heavy atom. The van der Waals surface area contributed by atoms with Crippen molar-refractivity contribution >= 4 is 0 Å². The topological polar surface area (TPSA) is 38.7 Å². The Balaban J connectivity index is 2.14. The van der Waals surface area contributed by atoms with E-state index in [1.54, 1.807) is 7.11 Å². The lowest BCUT2D eigenvalue weighted by atomic mass is 9.96. The monoisotopic (exact) mass is 252 g/mol. The Kier molecular flexibility index (Phi) is 8.47. The fraction of sp³-hybridized carbons (Fsp3) is 0.600. The van der Waals surface area contributed by atoms with Crippen molar-refractivity contribution in [1.82, 2.24) is 0 Å². The first kappa shape index (κ1) is 15.2. The summed E-state index contributed by atoms with van der Waals surface area (Å²) in [6, 6.07) is 10.3. The molecule has 0 radical (unpaired) electrons. The fourth-order valence-electron chi connectivity index (χ4n) is 1.92. The van der Waals surface area contributed by atoms with E-state index >= 15 is 0 Å². The number of aliphatic hydroxyl groups excluding tert-OH is 1. The van der Waals surface area contributed by atoms with Gasteiger partial charge in [0, 0.05) is 20.3 Å². The molecule has 0 bridgehead atoms. The molecule has 1 aromatic rings. The van der Waals surface area contributed by atoms with Gasteiger partial charge in [-0.1, -0.05) is 30.3 Å². The summed E-state index contributed by atoms with van der Waals surface area (Å²) in [4.78, 5) is 0. The molecule has 1 rings (SSSR count). The average molecular weight is 252 g/mol. The summed E-state index contributed by atoms with van der Waals surface area (Å²) in [7, 11) is 1.67. The smallest absolute Gasteiger partial charge is 0.0700 e. The number of hydrogen-bond donors (Lipinski definition) is 1. The maximum atomic E-state index is 9.37. The molecule has 1 unspecified atom stereocenters. The normalized spacial score (nSPS) is 12.6. The van der Waals surface area contributed by atoms with Crippen LogP contribution in [0.5, 0.6) is 0 Å². The standard InChI is InChI=1S/C15H24O3/c1-17-10-11-18-9-5-8-15(13-16)12-14-6-3-2-4-7-14/h2-4,6-7,15-16H,5,8-13H2,1H3. The van der Waals surface area contributed by atoms with E-state index in [0.29, 0.717) is 19.1 Å². The molecule has 0 aliphatic carbocycles. The maximum Gasteiger partial charge on any atom is 0.0700 e. The first-order chi connectivity index (χ1) is 8.86. The lowest BCUT2D eigenvalue weighted by molar-refractivity contribution is 0.0657. The Morgan fingerprint density at radius 3 is 2.56 bits per heavy atom. The van der Waals surface area contributed by atoms with Crippen molar-refractivity contribution in [2.24, 2.45) is 5.92 Å². The zero-order chi connectivity index (χ0) is 13.1. The van der Waals surface area contributed by atoms with Gasteiger partial charge in [0.15, 0.2) is 0 Å². The molecule has 3 heteroatoms. The van der Waals surface area contributed by atoms with E-state index in [0.717, 1.165) is 25.9 Å². The van der Waals surface area contributed by atoms with E-state index in [2.05, 4.69) is 12.1 Å². The molecule has 0 spiro atoms. The molecule has 3 nitrogen and oxygen atoms in total. The van der Waals surface area contributed by atoms with Crippen molar-refractivity contribution in [1.29, 1.82) is 0 Å². The van der Waals surface area contributed by atoms with Gasteiger partial charge in [0.1, 0.15) is 0 Å². The highest BCUT2D eigenvalue weighted by molar-refractivity contribution is 5.15. The van der Waals surface area contributed by atoms with Gasteiger partial charge in [-0.25, -0.2) is 0 Å². The number of aliphatic hydroxyl groups is 1. The second-order valence-electron chi connectivity index (χ2n) is 4.49. The van der Waals surface area contributed by atoms with Crippen LogP contribution in [0.3, 0.4) is 0 Å². The van der Waals surface area contributed by atoms with Gasteiger partial charge in [-0.3, -0.25) is 0 Å². The molecule has 0 heterocycles. The Hall–Kier alpha value is -0.900. The molecule has 0 amide bonds. The van der Waals surface area contributed by atoms with E-state index in [4.69, 9.17) is 9.47 Å². The van der Waals surface area contributed by atoms with Gasteiger partial charge in [-0.2, -0.15) is 0 Å². The Morgan fingerprint density at radius 2 is 1.89 bits per heavy atom. The fourth-order valence-corrected chi connectivity index (χ4v) is 1.92. The van der Waals surface area contributed by atoms with Gasteiger partial charge in [-0.05, 0) is 30.7 Å².